The Balaban J connectivity index is 1.26. The van der Waals surface area contributed by atoms with Crippen molar-refractivity contribution < 1.29 is 19.6 Å². The van der Waals surface area contributed by atoms with Crippen LogP contribution in [0.15, 0.2) is 36.7 Å². The van der Waals surface area contributed by atoms with E-state index in [9.17, 15) is 24.8 Å². The third-order valence-corrected chi connectivity index (χ3v) is 9.04. The smallest absolute Gasteiger partial charge is 0.407 e. The quantitative estimate of drug-likeness (QED) is 0.414. The molecule has 2 unspecified atom stereocenters. The highest BCUT2D eigenvalue weighted by Crippen LogP contribution is 2.55. The van der Waals surface area contributed by atoms with Crippen LogP contribution in [-0.2, 0) is 10.2 Å². The Hall–Kier alpha value is -4.28. The van der Waals surface area contributed by atoms with Gasteiger partial charge < -0.3 is 19.8 Å². The molecular formula is C27H26N6O5. The van der Waals surface area contributed by atoms with Crippen molar-refractivity contribution in [3.05, 3.63) is 52.3 Å². The minimum absolute atomic E-state index is 0.0700. The van der Waals surface area contributed by atoms with Crippen molar-refractivity contribution >= 4 is 40.1 Å². The second-order valence-corrected chi connectivity index (χ2v) is 11.0. The Bertz CT molecular complexity index is 1540. The molecule has 3 fully saturated rings. The maximum atomic E-state index is 13.1. The lowest BCUT2D eigenvalue weighted by Gasteiger charge is -2.37. The first-order valence-electron chi connectivity index (χ1n) is 12.9. The Morgan fingerprint density at radius 1 is 1.08 bits per heavy atom. The van der Waals surface area contributed by atoms with Crippen LogP contribution in [0.1, 0.15) is 24.8 Å². The van der Waals surface area contributed by atoms with Gasteiger partial charge in [-0.15, -0.1) is 0 Å². The second-order valence-electron chi connectivity index (χ2n) is 11.0. The number of aromatic nitrogens is 2. The highest BCUT2D eigenvalue weighted by Gasteiger charge is 2.54. The SMILES string of the molecule is CN1C(=O)C2(CCC2)c2c1cnc1ccc(-c3cnc(N4CC5CN(C(=O)O)CC5C4)c([N+](=O)[O-])c3)cc21. The number of likely N-dealkylation sites (N-methyl/N-ethyl adjacent to an activating group) is 1. The summed E-state index contributed by atoms with van der Waals surface area (Å²) in [5.41, 5.74) is 3.47. The van der Waals surface area contributed by atoms with Crippen LogP contribution in [0.4, 0.5) is 22.0 Å². The summed E-state index contributed by atoms with van der Waals surface area (Å²) in [6, 6.07) is 7.33. The number of anilines is 2. The van der Waals surface area contributed by atoms with Crippen molar-refractivity contribution in [3.8, 4) is 11.1 Å². The van der Waals surface area contributed by atoms with Crippen LogP contribution in [0.25, 0.3) is 22.0 Å². The summed E-state index contributed by atoms with van der Waals surface area (Å²) in [6.07, 6.45) is 5.15. The highest BCUT2D eigenvalue weighted by molar-refractivity contribution is 6.13. The van der Waals surface area contributed by atoms with Crippen molar-refractivity contribution in [2.24, 2.45) is 11.8 Å². The third-order valence-electron chi connectivity index (χ3n) is 9.04. The summed E-state index contributed by atoms with van der Waals surface area (Å²) in [7, 11) is 1.79. The summed E-state index contributed by atoms with van der Waals surface area (Å²) in [6.45, 7) is 1.96. The fourth-order valence-electron chi connectivity index (χ4n) is 6.95. The number of amides is 2. The van der Waals surface area contributed by atoms with Crippen LogP contribution in [0.2, 0.25) is 0 Å². The molecule has 1 saturated carbocycles. The number of carboxylic acid groups (broad SMARTS) is 1. The topological polar surface area (TPSA) is 133 Å². The van der Waals surface area contributed by atoms with Gasteiger partial charge in [-0.2, -0.15) is 0 Å². The van der Waals surface area contributed by atoms with E-state index < -0.39 is 16.4 Å². The predicted octanol–water partition coefficient (Wildman–Crippen LogP) is 3.65. The molecular weight excluding hydrogens is 488 g/mol. The fraction of sp³-hybridized carbons (Fsp3) is 0.407. The van der Waals surface area contributed by atoms with Gasteiger partial charge in [0.1, 0.15) is 0 Å². The van der Waals surface area contributed by atoms with E-state index in [0.29, 0.717) is 37.6 Å². The average Bonchev–Trinajstić information content (AvgIpc) is 3.53. The zero-order chi connectivity index (χ0) is 26.3. The number of hydrogen-bond donors (Lipinski definition) is 1. The third kappa shape index (κ3) is 3.07. The first-order chi connectivity index (χ1) is 18.3. The molecule has 2 aromatic heterocycles. The number of benzene rings is 1. The molecule has 1 spiro atoms. The Morgan fingerprint density at radius 2 is 1.82 bits per heavy atom. The number of pyridine rings is 2. The molecule has 11 nitrogen and oxygen atoms in total. The standard InChI is InChI=1S/C27H26N6O5/c1-30-22-10-28-20-4-3-15(7-19(20)23(22)27(25(30)34)5-2-6-27)16-8-21(33(37)38)24(29-9-16)31-11-17-13-32(26(35)36)14-18(17)12-31/h3-4,7-10,17-18H,2,5-6,11-14H2,1H3,(H,35,36). The zero-order valence-corrected chi connectivity index (χ0v) is 20.8. The lowest BCUT2D eigenvalue weighted by atomic mass is 9.64. The van der Waals surface area contributed by atoms with E-state index in [4.69, 9.17) is 0 Å². The van der Waals surface area contributed by atoms with Crippen LogP contribution in [0.3, 0.4) is 0 Å². The van der Waals surface area contributed by atoms with E-state index >= 15 is 0 Å². The van der Waals surface area contributed by atoms with Crippen LogP contribution >= 0.6 is 0 Å². The van der Waals surface area contributed by atoms with Gasteiger partial charge in [0.05, 0.1) is 27.7 Å². The van der Waals surface area contributed by atoms with Crippen molar-refractivity contribution in [3.63, 3.8) is 0 Å². The van der Waals surface area contributed by atoms with Gasteiger partial charge in [-0.1, -0.05) is 12.5 Å². The van der Waals surface area contributed by atoms with Crippen LogP contribution in [0, 0.1) is 22.0 Å². The highest BCUT2D eigenvalue weighted by atomic mass is 16.6. The summed E-state index contributed by atoms with van der Waals surface area (Å²) in [4.78, 5) is 50.4. The normalized spacial score (nSPS) is 23.2. The molecule has 4 aliphatic rings. The van der Waals surface area contributed by atoms with E-state index in [1.165, 1.54) is 4.90 Å². The molecule has 2 atom stereocenters. The van der Waals surface area contributed by atoms with Gasteiger partial charge >= 0.3 is 11.8 Å². The van der Waals surface area contributed by atoms with E-state index in [0.717, 1.165) is 47.0 Å². The number of likely N-dealkylation sites (tertiary alicyclic amines) is 1. The monoisotopic (exact) mass is 514 g/mol. The molecule has 1 aliphatic carbocycles. The molecule has 194 valence electrons. The Labute approximate surface area is 217 Å². The molecule has 1 N–H and O–H groups in total. The molecule has 2 amide bonds. The number of hydrogen-bond acceptors (Lipinski definition) is 7. The first kappa shape index (κ1) is 22.9. The number of rotatable bonds is 3. The summed E-state index contributed by atoms with van der Waals surface area (Å²) in [5, 5.41) is 22.3. The van der Waals surface area contributed by atoms with Gasteiger partial charge in [-0.05, 0) is 30.5 Å². The van der Waals surface area contributed by atoms with E-state index in [-0.39, 0.29) is 23.4 Å². The van der Waals surface area contributed by atoms with Gasteiger partial charge in [-0.3, -0.25) is 19.9 Å². The minimum Gasteiger partial charge on any atom is -0.465 e. The van der Waals surface area contributed by atoms with Crippen molar-refractivity contribution in [2.75, 3.05) is 43.0 Å². The summed E-state index contributed by atoms with van der Waals surface area (Å²) < 4.78 is 0. The van der Waals surface area contributed by atoms with E-state index in [1.54, 1.807) is 30.4 Å². The maximum Gasteiger partial charge on any atom is 0.407 e. The van der Waals surface area contributed by atoms with Crippen molar-refractivity contribution in [1.29, 1.82) is 0 Å². The molecule has 5 heterocycles. The Kier molecular flexibility index (Phi) is 4.73. The number of carbonyl (C=O) groups is 2. The first-order valence-corrected chi connectivity index (χ1v) is 12.9. The molecule has 38 heavy (non-hydrogen) atoms. The number of nitrogens with zero attached hydrogens (tertiary/aromatic N) is 6. The Morgan fingerprint density at radius 3 is 2.45 bits per heavy atom. The molecule has 1 aromatic carbocycles. The lowest BCUT2D eigenvalue weighted by Crippen LogP contribution is -2.43. The predicted molar refractivity (Wildman–Crippen MR) is 139 cm³/mol. The largest absolute Gasteiger partial charge is 0.465 e. The molecule has 11 heteroatoms. The number of nitro groups is 1. The van der Waals surface area contributed by atoms with Gasteiger partial charge in [0, 0.05) is 73.8 Å². The fourth-order valence-corrected chi connectivity index (χ4v) is 6.95. The van der Waals surface area contributed by atoms with Gasteiger partial charge in [0.2, 0.25) is 11.7 Å². The average molecular weight is 515 g/mol. The zero-order valence-electron chi connectivity index (χ0n) is 20.8. The summed E-state index contributed by atoms with van der Waals surface area (Å²) in [5.74, 6) is 0.713. The van der Waals surface area contributed by atoms with E-state index in [2.05, 4.69) is 9.97 Å². The van der Waals surface area contributed by atoms with Gasteiger partial charge in [0.25, 0.3) is 0 Å². The van der Waals surface area contributed by atoms with E-state index in [1.807, 2.05) is 23.1 Å². The molecule has 7 rings (SSSR count). The second kappa shape index (κ2) is 7.86. The van der Waals surface area contributed by atoms with Crippen molar-refractivity contribution in [2.45, 2.75) is 24.7 Å². The number of carbonyl (C=O) groups excluding carboxylic acids is 1. The molecule has 2 saturated heterocycles. The molecule has 0 radical (unpaired) electrons. The molecule has 3 aromatic rings. The van der Waals surface area contributed by atoms with Crippen LogP contribution in [0.5, 0.6) is 0 Å². The summed E-state index contributed by atoms with van der Waals surface area (Å²) >= 11 is 0. The minimum atomic E-state index is -0.921. The van der Waals surface area contributed by atoms with Crippen molar-refractivity contribution in [1.82, 2.24) is 14.9 Å². The van der Waals surface area contributed by atoms with Crippen LogP contribution in [-0.4, -0.2) is 70.1 Å². The van der Waals surface area contributed by atoms with Gasteiger partial charge in [0.15, 0.2) is 0 Å². The maximum absolute atomic E-state index is 13.1. The number of fused-ring (bicyclic) bond motifs is 5. The molecule has 0 bridgehead atoms. The lowest BCUT2D eigenvalue weighted by molar-refractivity contribution is -0.384. The molecule has 3 aliphatic heterocycles. The van der Waals surface area contributed by atoms with Crippen LogP contribution < -0.4 is 9.80 Å². The van der Waals surface area contributed by atoms with Gasteiger partial charge in [-0.25, -0.2) is 9.78 Å².